The molecule has 5 aromatic rings. The molecule has 0 radical (unpaired) electrons. The number of aromatic nitrogens is 3. The highest BCUT2D eigenvalue weighted by molar-refractivity contribution is 7.13. The van der Waals surface area contributed by atoms with E-state index in [1.165, 1.54) is 11.2 Å². The molecule has 3 amide bonds. The summed E-state index contributed by atoms with van der Waals surface area (Å²) in [7, 11) is 1.59. The molecule has 1 aliphatic rings. The minimum absolute atomic E-state index is 0.0354. The van der Waals surface area contributed by atoms with E-state index < -0.39 is 35.4 Å². The Morgan fingerprint density at radius 1 is 0.941 bits per heavy atom. The van der Waals surface area contributed by atoms with Crippen molar-refractivity contribution >= 4 is 51.5 Å². The molecule has 16 nitrogen and oxygen atoms in total. The Hall–Kier alpha value is -7.04. The molecule has 3 heterocycles. The fourth-order valence-electron chi connectivity index (χ4n) is 7.12. The number of likely N-dealkylation sites (tertiary alicyclic amines) is 1. The minimum atomic E-state index is -0.998. The van der Waals surface area contributed by atoms with Crippen molar-refractivity contribution in [3.63, 3.8) is 0 Å². The van der Waals surface area contributed by atoms with Crippen molar-refractivity contribution in [3.05, 3.63) is 89.3 Å². The van der Waals surface area contributed by atoms with Crippen LogP contribution in [0.3, 0.4) is 0 Å². The Morgan fingerprint density at radius 2 is 1.68 bits per heavy atom. The maximum atomic E-state index is 13.9. The van der Waals surface area contributed by atoms with Crippen LogP contribution in [0.15, 0.2) is 72.5 Å². The summed E-state index contributed by atoms with van der Waals surface area (Å²) in [6, 6.07) is 17.0. The number of benzene rings is 3. The number of nitrogens with zero attached hydrogens (tertiary/aromatic N) is 4. The fraction of sp³-hybridized carbons (Fsp3) is 0.373. The van der Waals surface area contributed by atoms with E-state index in [1.807, 2.05) is 76.2 Å². The molecule has 1 saturated heterocycles. The lowest BCUT2D eigenvalue weighted by molar-refractivity contribution is -0.144. The number of β-amino-alcohol motifs (C(OH)–C–C–N with tert-alkyl or cyclic N) is 1. The van der Waals surface area contributed by atoms with Gasteiger partial charge in [-0.05, 0) is 59.6 Å². The molecule has 4 N–H and O–H groups in total. The van der Waals surface area contributed by atoms with E-state index in [9.17, 15) is 19.5 Å². The second kappa shape index (κ2) is 24.6. The van der Waals surface area contributed by atoms with Gasteiger partial charge < -0.3 is 49.6 Å². The molecule has 3 atom stereocenters. The zero-order chi connectivity index (χ0) is 48.5. The molecule has 17 heteroatoms. The molecule has 0 bridgehead atoms. The summed E-state index contributed by atoms with van der Waals surface area (Å²) in [5.74, 6) is 13.7. The van der Waals surface area contributed by atoms with Gasteiger partial charge in [0, 0.05) is 49.3 Å². The summed E-state index contributed by atoms with van der Waals surface area (Å²) in [5.41, 5.74) is 6.11. The van der Waals surface area contributed by atoms with Crippen LogP contribution in [0.4, 0.5) is 11.5 Å². The van der Waals surface area contributed by atoms with Gasteiger partial charge in [0.05, 0.1) is 40.9 Å². The number of amides is 3. The van der Waals surface area contributed by atoms with Gasteiger partial charge in [-0.1, -0.05) is 68.9 Å². The number of nitrogens with one attached hydrogen (secondary N) is 3. The summed E-state index contributed by atoms with van der Waals surface area (Å²) in [6.07, 6.45) is 6.24. The van der Waals surface area contributed by atoms with E-state index in [0.29, 0.717) is 41.4 Å². The van der Waals surface area contributed by atoms with E-state index in [0.717, 1.165) is 32.9 Å². The molecule has 354 valence electrons. The number of aliphatic hydroxyl groups excluding tert-OH is 1. The van der Waals surface area contributed by atoms with Crippen LogP contribution >= 0.6 is 11.3 Å². The first-order chi connectivity index (χ1) is 32.8. The monoisotopic (exact) mass is 941 g/mol. The average molecular weight is 942 g/mol. The predicted octanol–water partition coefficient (Wildman–Crippen LogP) is 5.04. The second-order valence-electron chi connectivity index (χ2n) is 16.7. The number of methoxy groups -OCH3 is 1. The number of fused-ring (bicyclic) bond motifs is 1. The van der Waals surface area contributed by atoms with Gasteiger partial charge in [0.15, 0.2) is 11.5 Å². The van der Waals surface area contributed by atoms with E-state index >= 15 is 0 Å². The van der Waals surface area contributed by atoms with Gasteiger partial charge in [0.1, 0.15) is 57.3 Å². The quantitative estimate of drug-likeness (QED) is 0.0600. The first kappa shape index (κ1) is 50.4. The summed E-state index contributed by atoms with van der Waals surface area (Å²) in [6.45, 7) is 8.35. The molecule has 1 aliphatic heterocycles. The summed E-state index contributed by atoms with van der Waals surface area (Å²) in [4.78, 5) is 56.0. The van der Waals surface area contributed by atoms with Gasteiger partial charge in [-0.15, -0.1) is 17.8 Å². The van der Waals surface area contributed by atoms with E-state index in [2.05, 4.69) is 60.5 Å². The number of thiazole rings is 1. The molecule has 6 rings (SSSR count). The Bertz CT molecular complexity index is 2710. The van der Waals surface area contributed by atoms with Crippen LogP contribution in [0.5, 0.6) is 11.5 Å². The van der Waals surface area contributed by atoms with Gasteiger partial charge in [-0.25, -0.2) is 15.0 Å². The van der Waals surface area contributed by atoms with Crippen molar-refractivity contribution in [2.45, 2.75) is 58.8 Å². The van der Waals surface area contributed by atoms with Gasteiger partial charge in [-0.2, -0.15) is 0 Å². The van der Waals surface area contributed by atoms with E-state index in [-0.39, 0.29) is 58.5 Å². The summed E-state index contributed by atoms with van der Waals surface area (Å²) in [5, 5.41) is 20.2. The molecule has 2 aromatic heterocycles. The predicted molar refractivity (Wildman–Crippen MR) is 259 cm³/mol. The standard InChI is InChI=1S/C51H55N7O9S/c1-7-35-13-12-14-38(25-35)56-48-40-27-43(44(66-23-21-63-6)28-41(40)53-32-54-48)67-24-22-64-19-10-8-9-11-20-65-31-45(60)57-47(51(3,4)5)50(62)58-30-39(59)26-42(58)49(61)52-29-36-15-17-37(18-16-36)46-34(2)55-33-68-46/h1,12-18,25,27-28,32-33,39,42,47,59H,19-24,26,29-31H2,2-6H3,(H,52,61)(H,57,60)(H,53,54,56)/t39-,42?,47?/m1/s1. The third-order valence-electron chi connectivity index (χ3n) is 10.6. The zero-order valence-corrected chi connectivity index (χ0v) is 39.5. The first-order valence-electron chi connectivity index (χ1n) is 21.9. The Labute approximate surface area is 400 Å². The Kier molecular flexibility index (Phi) is 18.3. The van der Waals surface area contributed by atoms with Gasteiger partial charge >= 0.3 is 0 Å². The maximum absolute atomic E-state index is 13.9. The summed E-state index contributed by atoms with van der Waals surface area (Å²) < 4.78 is 28.2. The highest BCUT2D eigenvalue weighted by Crippen LogP contribution is 2.35. The fourth-order valence-corrected chi connectivity index (χ4v) is 7.93. The van der Waals surface area contributed by atoms with Crippen molar-refractivity contribution < 1.29 is 43.2 Å². The number of carbonyl (C=O) groups excluding carboxylic acids is 3. The van der Waals surface area contributed by atoms with Crippen LogP contribution in [0.25, 0.3) is 21.3 Å². The molecule has 0 saturated carbocycles. The average Bonchev–Trinajstić information content (AvgIpc) is 3.95. The summed E-state index contributed by atoms with van der Waals surface area (Å²) >= 11 is 1.57. The molecular weight excluding hydrogens is 887 g/mol. The lowest BCUT2D eigenvalue weighted by Gasteiger charge is -2.35. The normalized spacial score (nSPS) is 14.7. The van der Waals surface area contributed by atoms with E-state index in [1.54, 1.807) is 36.1 Å². The molecule has 0 spiro atoms. The molecule has 68 heavy (non-hydrogen) atoms. The van der Waals surface area contributed by atoms with Gasteiger partial charge in [-0.3, -0.25) is 14.4 Å². The molecular formula is C51H55N7O9S. The van der Waals surface area contributed by atoms with Crippen molar-refractivity contribution in [1.29, 1.82) is 0 Å². The highest BCUT2D eigenvalue weighted by atomic mass is 32.1. The Balaban J connectivity index is 0.929. The van der Waals surface area contributed by atoms with Crippen molar-refractivity contribution in [3.8, 4) is 58.0 Å². The van der Waals surface area contributed by atoms with Crippen molar-refractivity contribution in [2.75, 3.05) is 65.2 Å². The van der Waals surface area contributed by atoms with E-state index in [4.69, 9.17) is 30.1 Å². The number of hydrogen-bond donors (Lipinski definition) is 4. The number of aliphatic hydroxyl groups is 1. The molecule has 2 unspecified atom stereocenters. The van der Waals surface area contributed by atoms with Crippen LogP contribution in [-0.4, -0.2) is 121 Å². The number of aryl methyl sites for hydroxylation is 1. The number of rotatable bonds is 20. The van der Waals surface area contributed by atoms with Crippen LogP contribution in [0.1, 0.15) is 44.0 Å². The largest absolute Gasteiger partial charge is 0.487 e. The highest BCUT2D eigenvalue weighted by Gasteiger charge is 2.44. The number of anilines is 2. The number of hydrogen-bond acceptors (Lipinski definition) is 14. The molecule has 0 aliphatic carbocycles. The van der Waals surface area contributed by atoms with Crippen molar-refractivity contribution in [1.82, 2.24) is 30.5 Å². The van der Waals surface area contributed by atoms with Crippen LogP contribution in [0, 0.1) is 48.4 Å². The van der Waals surface area contributed by atoms with Crippen LogP contribution in [0.2, 0.25) is 0 Å². The zero-order valence-electron chi connectivity index (χ0n) is 38.7. The lowest BCUT2D eigenvalue weighted by Crippen LogP contribution is -2.58. The van der Waals surface area contributed by atoms with Gasteiger partial charge in [0.25, 0.3) is 0 Å². The van der Waals surface area contributed by atoms with Crippen molar-refractivity contribution in [2.24, 2.45) is 5.41 Å². The molecule has 3 aromatic carbocycles. The number of ether oxygens (including phenoxy) is 5. The molecule has 1 fully saturated rings. The number of carbonyl (C=O) groups is 3. The van der Waals surface area contributed by atoms with Gasteiger partial charge in [0.2, 0.25) is 17.7 Å². The third-order valence-corrected chi connectivity index (χ3v) is 11.5. The SMILES string of the molecule is C#Cc1cccc(Nc2ncnc3cc(OCCOC)c(OCCOCC#CC#CCOCC(=O)NC(C(=O)N4C[C@H](O)CC4C(=O)NCc4ccc(-c5scnc5C)cc4)C(C)(C)C)cc23)c1. The van der Waals surface area contributed by atoms with Crippen LogP contribution in [-0.2, 0) is 35.1 Å². The Morgan fingerprint density at radius 3 is 2.38 bits per heavy atom. The maximum Gasteiger partial charge on any atom is 0.246 e. The second-order valence-corrected chi connectivity index (χ2v) is 17.5. The smallest absolute Gasteiger partial charge is 0.246 e. The first-order valence-corrected chi connectivity index (χ1v) is 22.8. The number of terminal acetylenes is 1. The van der Waals surface area contributed by atoms with Crippen LogP contribution < -0.4 is 25.4 Å². The topological polar surface area (TPSA) is 196 Å². The minimum Gasteiger partial charge on any atom is -0.487 e. The lowest BCUT2D eigenvalue weighted by atomic mass is 9.85. The third kappa shape index (κ3) is 14.2.